The number of carbonyl (C=O) groups is 1. The molecule has 0 aliphatic carbocycles. The molecule has 0 spiro atoms. The Morgan fingerprint density at radius 1 is 0.923 bits per heavy atom. The van der Waals surface area contributed by atoms with Crippen LogP contribution in [-0.4, -0.2) is 45.4 Å². The van der Waals surface area contributed by atoms with Gasteiger partial charge in [0.1, 0.15) is 0 Å². The van der Waals surface area contributed by atoms with Crippen molar-refractivity contribution in [3.8, 4) is 17.1 Å². The number of fused-ring (bicyclic) bond motifs is 1. The number of rotatable bonds is 9. The summed E-state index contributed by atoms with van der Waals surface area (Å²) in [7, 11) is -3.61. The maximum Gasteiger partial charge on any atom is 0.240 e. The number of nitrogens with one attached hydrogen (secondary N) is 3. The first-order valence-corrected chi connectivity index (χ1v) is 14.8. The molecule has 200 valence electrons. The van der Waals surface area contributed by atoms with E-state index in [1.807, 2.05) is 65.4 Å². The maximum absolute atomic E-state index is 13.1. The Bertz CT molecular complexity index is 1710. The molecule has 9 nitrogen and oxygen atoms in total. The van der Waals surface area contributed by atoms with Crippen LogP contribution in [-0.2, 0) is 14.8 Å². The molecule has 2 heterocycles. The van der Waals surface area contributed by atoms with Gasteiger partial charge in [-0.1, -0.05) is 48.2 Å². The van der Waals surface area contributed by atoms with Crippen molar-refractivity contribution in [2.24, 2.45) is 0 Å². The molecule has 39 heavy (non-hydrogen) atoms. The summed E-state index contributed by atoms with van der Waals surface area (Å²) in [5, 5.41) is 12.9. The van der Waals surface area contributed by atoms with Crippen LogP contribution in [0.4, 0.5) is 5.69 Å². The third-order valence-corrected chi connectivity index (χ3v) is 8.67. The van der Waals surface area contributed by atoms with Gasteiger partial charge < -0.3 is 10.3 Å². The molecule has 0 radical (unpaired) electrons. The van der Waals surface area contributed by atoms with Crippen LogP contribution in [0.1, 0.15) is 20.8 Å². The Balaban J connectivity index is 1.38. The summed E-state index contributed by atoms with van der Waals surface area (Å²) in [5.41, 5.74) is 3.29. The minimum absolute atomic E-state index is 0.136. The quantitative estimate of drug-likeness (QED) is 0.213. The lowest BCUT2D eigenvalue weighted by Gasteiger charge is -2.14. The third kappa shape index (κ3) is 5.75. The molecule has 0 unspecified atom stereocenters. The molecule has 0 aliphatic heterocycles. The third-order valence-electron chi connectivity index (χ3n) is 5.95. The fourth-order valence-electron chi connectivity index (χ4n) is 4.14. The summed E-state index contributed by atoms with van der Waals surface area (Å²) in [5.74, 6) is 0.424. The van der Waals surface area contributed by atoms with Crippen LogP contribution < -0.4 is 10.0 Å². The molecule has 0 aliphatic rings. The minimum atomic E-state index is -3.61. The molecule has 1 amide bonds. The first-order chi connectivity index (χ1) is 18.7. The average Bonchev–Trinajstić information content (AvgIpc) is 3.52. The number of amides is 1. The molecule has 5 aromatic rings. The number of anilines is 1. The van der Waals surface area contributed by atoms with E-state index in [1.165, 1.54) is 23.9 Å². The van der Waals surface area contributed by atoms with Gasteiger partial charge in [-0.25, -0.2) is 13.1 Å². The van der Waals surface area contributed by atoms with E-state index < -0.39 is 15.3 Å². The first-order valence-electron chi connectivity index (χ1n) is 12.4. The predicted octanol–water partition coefficient (Wildman–Crippen LogP) is 5.22. The van der Waals surface area contributed by atoms with Gasteiger partial charge in [0, 0.05) is 40.1 Å². The van der Waals surface area contributed by atoms with Crippen molar-refractivity contribution in [2.75, 3.05) is 5.32 Å². The maximum atomic E-state index is 13.1. The minimum Gasteiger partial charge on any atom is -0.360 e. The van der Waals surface area contributed by atoms with Gasteiger partial charge in [0.05, 0.1) is 10.1 Å². The lowest BCUT2D eigenvalue weighted by atomic mass is 10.1. The molecule has 0 saturated heterocycles. The van der Waals surface area contributed by atoms with Crippen LogP contribution in [0, 0.1) is 0 Å². The van der Waals surface area contributed by atoms with Crippen molar-refractivity contribution in [3.63, 3.8) is 0 Å². The highest BCUT2D eigenvalue weighted by molar-refractivity contribution is 8.00. The van der Waals surface area contributed by atoms with Gasteiger partial charge in [-0.2, -0.15) is 0 Å². The summed E-state index contributed by atoms with van der Waals surface area (Å²) in [4.78, 5) is 16.5. The van der Waals surface area contributed by atoms with Crippen molar-refractivity contribution in [2.45, 2.75) is 42.1 Å². The molecule has 0 fully saturated rings. The van der Waals surface area contributed by atoms with E-state index in [4.69, 9.17) is 0 Å². The second-order valence-electron chi connectivity index (χ2n) is 9.27. The highest BCUT2D eigenvalue weighted by Crippen LogP contribution is 2.33. The first kappa shape index (κ1) is 26.7. The molecular weight excluding hydrogens is 532 g/mol. The number of aromatic amines is 1. The van der Waals surface area contributed by atoms with Gasteiger partial charge in [-0.3, -0.25) is 9.36 Å². The molecule has 3 aromatic carbocycles. The lowest BCUT2D eigenvalue weighted by Crippen LogP contribution is -2.30. The van der Waals surface area contributed by atoms with Crippen LogP contribution in [0.3, 0.4) is 0 Å². The molecule has 3 N–H and O–H groups in total. The van der Waals surface area contributed by atoms with Gasteiger partial charge in [0.25, 0.3) is 0 Å². The number of aromatic nitrogens is 4. The van der Waals surface area contributed by atoms with Crippen molar-refractivity contribution in [1.82, 2.24) is 24.5 Å². The van der Waals surface area contributed by atoms with E-state index >= 15 is 0 Å². The standard InChI is InChI=1S/C28H28N6O3S2/c1-18(2)33-39(36,37)22-15-13-20(14-16-22)30-27(35)19(3)38-28-32-31-26(34(28)21-9-5-4-6-10-21)24-17-29-25-12-8-7-11-23(24)25/h4-19,29,33H,1-3H3,(H,30,35)/t19-/m1/s1. The number of thioether (sulfide) groups is 1. The van der Waals surface area contributed by atoms with E-state index in [-0.39, 0.29) is 16.8 Å². The normalized spacial score (nSPS) is 12.6. The SMILES string of the molecule is CC(C)NS(=O)(=O)c1ccc(NC(=O)[C@@H](C)Sc2nnc(-c3c[nH]c4ccccc34)n2-c2ccccc2)cc1. The van der Waals surface area contributed by atoms with Crippen LogP contribution in [0.15, 0.2) is 95.1 Å². The number of para-hydroxylation sites is 2. The van der Waals surface area contributed by atoms with Crippen LogP contribution in [0.2, 0.25) is 0 Å². The molecule has 5 rings (SSSR count). The van der Waals surface area contributed by atoms with E-state index in [9.17, 15) is 13.2 Å². The fraction of sp³-hybridized carbons (Fsp3) is 0.179. The summed E-state index contributed by atoms with van der Waals surface area (Å²) < 4.78 is 29.2. The van der Waals surface area contributed by atoms with Gasteiger partial charge in [0.2, 0.25) is 15.9 Å². The Morgan fingerprint density at radius 2 is 1.62 bits per heavy atom. The Kier molecular flexibility index (Phi) is 7.56. The van der Waals surface area contributed by atoms with Crippen LogP contribution in [0.25, 0.3) is 28.0 Å². The number of nitrogens with zero attached hydrogens (tertiary/aromatic N) is 3. The van der Waals surface area contributed by atoms with Gasteiger partial charge in [0.15, 0.2) is 11.0 Å². The summed E-state index contributed by atoms with van der Waals surface area (Å²) >= 11 is 1.29. The predicted molar refractivity (Wildman–Crippen MR) is 154 cm³/mol. The lowest BCUT2D eigenvalue weighted by molar-refractivity contribution is -0.115. The molecular formula is C28H28N6O3S2. The number of benzene rings is 3. The highest BCUT2D eigenvalue weighted by atomic mass is 32.2. The van der Waals surface area contributed by atoms with E-state index in [2.05, 4.69) is 25.2 Å². The second-order valence-corrected chi connectivity index (χ2v) is 12.3. The summed E-state index contributed by atoms with van der Waals surface area (Å²) in [6.07, 6.45) is 1.92. The summed E-state index contributed by atoms with van der Waals surface area (Å²) in [6, 6.07) is 23.6. The van der Waals surface area contributed by atoms with Crippen molar-refractivity contribution in [3.05, 3.63) is 85.1 Å². The van der Waals surface area contributed by atoms with Crippen LogP contribution >= 0.6 is 11.8 Å². The Morgan fingerprint density at radius 3 is 2.33 bits per heavy atom. The monoisotopic (exact) mass is 560 g/mol. The zero-order valence-corrected chi connectivity index (χ0v) is 23.3. The van der Waals surface area contributed by atoms with Crippen molar-refractivity contribution >= 4 is 44.3 Å². The largest absolute Gasteiger partial charge is 0.360 e. The van der Waals surface area contributed by atoms with E-state index in [0.29, 0.717) is 16.7 Å². The zero-order chi connectivity index (χ0) is 27.6. The second kappa shape index (κ2) is 11.0. The fourth-order valence-corrected chi connectivity index (χ4v) is 6.26. The number of carbonyl (C=O) groups excluding carboxylic acids is 1. The molecule has 0 saturated carbocycles. The molecule has 11 heteroatoms. The highest BCUT2D eigenvalue weighted by Gasteiger charge is 2.23. The topological polar surface area (TPSA) is 122 Å². The van der Waals surface area contributed by atoms with Gasteiger partial charge in [-0.15, -0.1) is 10.2 Å². The Hall–Kier alpha value is -3.93. The number of hydrogen-bond acceptors (Lipinski definition) is 6. The smallest absolute Gasteiger partial charge is 0.240 e. The zero-order valence-electron chi connectivity index (χ0n) is 21.6. The van der Waals surface area contributed by atoms with Gasteiger partial charge >= 0.3 is 0 Å². The van der Waals surface area contributed by atoms with Gasteiger partial charge in [-0.05, 0) is 63.2 Å². The molecule has 0 bridgehead atoms. The number of sulfonamides is 1. The summed E-state index contributed by atoms with van der Waals surface area (Å²) in [6.45, 7) is 5.31. The van der Waals surface area contributed by atoms with E-state index in [1.54, 1.807) is 32.9 Å². The molecule has 1 atom stereocenters. The van der Waals surface area contributed by atoms with Crippen molar-refractivity contribution < 1.29 is 13.2 Å². The van der Waals surface area contributed by atoms with E-state index in [0.717, 1.165) is 22.2 Å². The Labute approximate surface area is 231 Å². The van der Waals surface area contributed by atoms with Crippen LogP contribution in [0.5, 0.6) is 0 Å². The number of hydrogen-bond donors (Lipinski definition) is 3. The average molecular weight is 561 g/mol. The number of H-pyrrole nitrogens is 1. The van der Waals surface area contributed by atoms with Crippen molar-refractivity contribution in [1.29, 1.82) is 0 Å². The molecule has 2 aromatic heterocycles.